The monoisotopic (exact) mass is 434 g/mol. The Morgan fingerprint density at radius 1 is 1.09 bits per heavy atom. The van der Waals surface area contributed by atoms with Crippen LogP contribution in [-0.2, 0) is 4.74 Å². The third-order valence-electron chi connectivity index (χ3n) is 6.26. The molecule has 166 valence electrons. The summed E-state index contributed by atoms with van der Waals surface area (Å²) in [6.07, 6.45) is 11.4. The van der Waals surface area contributed by atoms with E-state index in [4.69, 9.17) is 14.5 Å². The van der Waals surface area contributed by atoms with E-state index in [0.717, 1.165) is 74.5 Å². The number of aromatic amines is 1. The lowest BCUT2D eigenvalue weighted by Gasteiger charge is -2.30. The van der Waals surface area contributed by atoms with Gasteiger partial charge in [0.25, 0.3) is 0 Å². The average molecular weight is 435 g/mol. The molecule has 6 rings (SSSR count). The molecule has 0 radical (unpaired) electrons. The number of hydrogen-bond acceptors (Lipinski definition) is 8. The molecule has 5 heterocycles. The van der Waals surface area contributed by atoms with Crippen LogP contribution in [0, 0.1) is 0 Å². The second-order valence-corrected chi connectivity index (χ2v) is 8.36. The molecule has 1 aliphatic heterocycles. The number of nitrogens with zero attached hydrogens (tertiary/aromatic N) is 6. The average Bonchev–Trinajstić information content (AvgIpc) is 3.50. The Balaban J connectivity index is 1.12. The molecule has 1 saturated carbocycles. The summed E-state index contributed by atoms with van der Waals surface area (Å²) in [4.78, 5) is 23.7. The van der Waals surface area contributed by atoms with Gasteiger partial charge in [0, 0.05) is 43.8 Å². The van der Waals surface area contributed by atoms with Gasteiger partial charge in [-0.3, -0.25) is 4.40 Å². The minimum absolute atomic E-state index is 0.124. The predicted octanol–water partition coefficient (Wildman–Crippen LogP) is 2.64. The van der Waals surface area contributed by atoms with Crippen molar-refractivity contribution in [2.24, 2.45) is 0 Å². The summed E-state index contributed by atoms with van der Waals surface area (Å²) >= 11 is 0. The Labute approximate surface area is 185 Å². The fraction of sp³-hybridized carbons (Fsp3) is 0.455. The molecule has 10 heteroatoms. The highest BCUT2D eigenvalue weighted by Crippen LogP contribution is 2.27. The summed E-state index contributed by atoms with van der Waals surface area (Å²) < 4.78 is 13.8. The first kappa shape index (κ1) is 19.3. The van der Waals surface area contributed by atoms with Crippen molar-refractivity contribution in [1.82, 2.24) is 29.3 Å². The van der Waals surface area contributed by atoms with E-state index in [2.05, 4.69) is 30.2 Å². The molecule has 0 aromatic carbocycles. The highest BCUT2D eigenvalue weighted by Gasteiger charge is 2.25. The van der Waals surface area contributed by atoms with Gasteiger partial charge >= 0.3 is 6.01 Å². The van der Waals surface area contributed by atoms with Crippen molar-refractivity contribution in [3.63, 3.8) is 0 Å². The molecule has 0 atom stereocenters. The standard InChI is InChI=1S/C22H26N8O2/c1-3-16(4-2-15(1)26-21-25-14-18-17(27-21)5-6-23-18)32-22-28-20(29-9-11-31-12-10-29)13-19-24-7-8-30(19)22/h5-8,13-16,23H,1-4,9-12H2,(H,25,26,27). The molecule has 1 saturated heterocycles. The largest absolute Gasteiger partial charge is 0.461 e. The summed E-state index contributed by atoms with van der Waals surface area (Å²) in [6, 6.07) is 4.92. The van der Waals surface area contributed by atoms with E-state index < -0.39 is 0 Å². The van der Waals surface area contributed by atoms with E-state index in [-0.39, 0.29) is 6.10 Å². The van der Waals surface area contributed by atoms with Gasteiger partial charge in [-0.25, -0.2) is 15.0 Å². The lowest BCUT2D eigenvalue weighted by Crippen LogP contribution is -2.37. The summed E-state index contributed by atoms with van der Waals surface area (Å²) in [5.74, 6) is 1.58. The molecule has 0 spiro atoms. The van der Waals surface area contributed by atoms with Gasteiger partial charge in [-0.1, -0.05) is 0 Å². The van der Waals surface area contributed by atoms with Gasteiger partial charge < -0.3 is 24.7 Å². The maximum atomic E-state index is 6.39. The zero-order valence-corrected chi connectivity index (χ0v) is 17.8. The zero-order valence-electron chi connectivity index (χ0n) is 17.8. The van der Waals surface area contributed by atoms with Crippen LogP contribution in [0.25, 0.3) is 16.7 Å². The quantitative estimate of drug-likeness (QED) is 0.494. The van der Waals surface area contributed by atoms with Gasteiger partial charge in [0.15, 0.2) is 0 Å². The molecule has 4 aromatic heterocycles. The van der Waals surface area contributed by atoms with Crippen molar-refractivity contribution in [3.05, 3.63) is 36.9 Å². The van der Waals surface area contributed by atoms with Crippen molar-refractivity contribution < 1.29 is 9.47 Å². The van der Waals surface area contributed by atoms with Crippen molar-refractivity contribution in [3.8, 4) is 6.01 Å². The van der Waals surface area contributed by atoms with E-state index in [0.29, 0.717) is 18.0 Å². The van der Waals surface area contributed by atoms with Crippen LogP contribution in [0.2, 0.25) is 0 Å². The van der Waals surface area contributed by atoms with Gasteiger partial charge in [-0.05, 0) is 31.7 Å². The maximum Gasteiger partial charge on any atom is 0.304 e. The first-order valence-corrected chi connectivity index (χ1v) is 11.2. The van der Waals surface area contributed by atoms with Crippen molar-refractivity contribution in [2.75, 3.05) is 36.5 Å². The summed E-state index contributed by atoms with van der Waals surface area (Å²) in [7, 11) is 0. The summed E-state index contributed by atoms with van der Waals surface area (Å²) in [5.41, 5.74) is 2.73. The highest BCUT2D eigenvalue weighted by atomic mass is 16.5. The first-order chi connectivity index (χ1) is 15.8. The lowest BCUT2D eigenvalue weighted by molar-refractivity contribution is 0.121. The van der Waals surface area contributed by atoms with Crippen molar-refractivity contribution >= 4 is 28.4 Å². The van der Waals surface area contributed by atoms with Crippen molar-refractivity contribution in [1.29, 1.82) is 0 Å². The van der Waals surface area contributed by atoms with E-state index in [1.165, 1.54) is 0 Å². The fourth-order valence-electron chi connectivity index (χ4n) is 4.49. The molecule has 4 aromatic rings. The number of fused-ring (bicyclic) bond motifs is 2. The topological polar surface area (TPSA) is 105 Å². The second-order valence-electron chi connectivity index (χ2n) is 8.36. The number of aromatic nitrogens is 6. The first-order valence-electron chi connectivity index (χ1n) is 11.2. The van der Waals surface area contributed by atoms with E-state index in [1.807, 2.05) is 35.1 Å². The molecule has 2 fully saturated rings. The van der Waals surface area contributed by atoms with Crippen LogP contribution in [0.1, 0.15) is 25.7 Å². The number of anilines is 2. The minimum Gasteiger partial charge on any atom is -0.461 e. The Hall–Kier alpha value is -3.40. The fourth-order valence-corrected chi connectivity index (χ4v) is 4.49. The molecule has 0 unspecified atom stereocenters. The number of rotatable bonds is 5. The van der Waals surface area contributed by atoms with Gasteiger partial charge in [0.05, 0.1) is 30.4 Å². The Bertz CT molecular complexity index is 1210. The van der Waals surface area contributed by atoms with Crippen LogP contribution < -0.4 is 15.0 Å². The third kappa shape index (κ3) is 3.81. The maximum absolute atomic E-state index is 6.39. The van der Waals surface area contributed by atoms with Crippen LogP contribution >= 0.6 is 0 Å². The smallest absolute Gasteiger partial charge is 0.304 e. The third-order valence-corrected chi connectivity index (χ3v) is 6.26. The van der Waals surface area contributed by atoms with Crippen LogP contribution in [0.4, 0.5) is 11.8 Å². The van der Waals surface area contributed by atoms with Gasteiger partial charge in [0.2, 0.25) is 5.95 Å². The van der Waals surface area contributed by atoms with Crippen LogP contribution in [0.15, 0.2) is 36.9 Å². The van der Waals surface area contributed by atoms with E-state index >= 15 is 0 Å². The molecular weight excluding hydrogens is 408 g/mol. The highest BCUT2D eigenvalue weighted by molar-refractivity contribution is 5.74. The van der Waals surface area contributed by atoms with Crippen LogP contribution in [0.3, 0.4) is 0 Å². The van der Waals surface area contributed by atoms with Gasteiger partial charge in [-0.15, -0.1) is 0 Å². The zero-order chi connectivity index (χ0) is 21.3. The molecule has 32 heavy (non-hydrogen) atoms. The Morgan fingerprint density at radius 3 is 2.84 bits per heavy atom. The molecule has 0 amide bonds. The molecule has 1 aliphatic carbocycles. The normalized spacial score (nSPS) is 21.8. The van der Waals surface area contributed by atoms with Gasteiger partial charge in [-0.2, -0.15) is 4.98 Å². The summed E-state index contributed by atoms with van der Waals surface area (Å²) in [6.45, 7) is 3.10. The second kappa shape index (κ2) is 8.27. The summed E-state index contributed by atoms with van der Waals surface area (Å²) in [5, 5.41) is 3.48. The number of morpholine rings is 1. The van der Waals surface area contributed by atoms with E-state index in [1.54, 1.807) is 6.20 Å². The predicted molar refractivity (Wildman–Crippen MR) is 120 cm³/mol. The van der Waals surface area contributed by atoms with Crippen LogP contribution in [0.5, 0.6) is 6.01 Å². The lowest BCUT2D eigenvalue weighted by atomic mass is 9.93. The van der Waals surface area contributed by atoms with Gasteiger partial charge in [0.1, 0.15) is 17.6 Å². The van der Waals surface area contributed by atoms with Crippen molar-refractivity contribution in [2.45, 2.75) is 37.8 Å². The molecule has 2 N–H and O–H groups in total. The molecule has 10 nitrogen and oxygen atoms in total. The Kier molecular flexibility index (Phi) is 4.99. The number of imidazole rings is 1. The van der Waals surface area contributed by atoms with Crippen LogP contribution in [-0.4, -0.2) is 67.8 Å². The number of nitrogens with one attached hydrogen (secondary N) is 2. The number of ether oxygens (including phenoxy) is 2. The molecule has 2 aliphatic rings. The van der Waals surface area contributed by atoms with E-state index in [9.17, 15) is 0 Å². The minimum atomic E-state index is 0.124. The molecule has 0 bridgehead atoms. The molecular formula is C22H26N8O2. The SMILES string of the molecule is c1cn2c(OC3CCC(Nc4ncc5[nH]ccc5n4)CC3)nc(N3CCOCC3)cc2n1. The number of hydrogen-bond donors (Lipinski definition) is 2. The Morgan fingerprint density at radius 2 is 1.97 bits per heavy atom. The number of H-pyrrole nitrogens is 1.